The quantitative estimate of drug-likeness (QED) is 0.569. The molecule has 9 heteroatoms. The fraction of sp³-hybridized carbons (Fsp3) is 0.222. The largest absolute Gasteiger partial charge is 0.474 e. The van der Waals surface area contributed by atoms with Crippen LogP contribution in [0.2, 0.25) is 0 Å². The second-order valence-electron chi connectivity index (χ2n) is 5.78. The van der Waals surface area contributed by atoms with Gasteiger partial charge in [0.05, 0.1) is 18.0 Å². The van der Waals surface area contributed by atoms with Crippen LogP contribution in [0.25, 0.3) is 11.1 Å². The molecule has 140 valence electrons. The van der Waals surface area contributed by atoms with Crippen LogP contribution in [0.15, 0.2) is 54.1 Å². The van der Waals surface area contributed by atoms with Gasteiger partial charge in [-0.05, 0) is 12.5 Å². The van der Waals surface area contributed by atoms with E-state index in [0.717, 1.165) is 22.9 Å². The number of rotatable bonds is 7. The molecule has 0 spiro atoms. The van der Waals surface area contributed by atoms with Crippen LogP contribution in [0.3, 0.4) is 0 Å². The van der Waals surface area contributed by atoms with E-state index in [-0.39, 0.29) is 24.1 Å². The van der Waals surface area contributed by atoms with Crippen molar-refractivity contribution in [1.29, 1.82) is 0 Å². The zero-order chi connectivity index (χ0) is 19.3. The molecule has 0 saturated carbocycles. The summed E-state index contributed by atoms with van der Waals surface area (Å²) in [5.74, 6) is 0.450. The molecule has 1 aromatic carbocycles. The second kappa shape index (κ2) is 8.09. The third-order valence-electron chi connectivity index (χ3n) is 3.62. The summed E-state index contributed by atoms with van der Waals surface area (Å²) in [6.45, 7) is 2.41. The van der Waals surface area contributed by atoms with E-state index in [1.807, 2.05) is 31.2 Å². The minimum absolute atomic E-state index is 0.0369. The van der Waals surface area contributed by atoms with Crippen molar-refractivity contribution in [2.24, 2.45) is 0 Å². The van der Waals surface area contributed by atoms with Gasteiger partial charge in [0.2, 0.25) is 5.88 Å². The Morgan fingerprint density at radius 3 is 2.26 bits per heavy atom. The van der Waals surface area contributed by atoms with E-state index in [9.17, 15) is 8.42 Å². The summed E-state index contributed by atoms with van der Waals surface area (Å²) < 4.78 is 33.8. The molecular weight excluding hydrogens is 368 g/mol. The minimum Gasteiger partial charge on any atom is -0.474 e. The molecule has 27 heavy (non-hydrogen) atoms. The lowest BCUT2D eigenvalue weighted by molar-refractivity contribution is 0.201. The summed E-state index contributed by atoms with van der Waals surface area (Å²) in [5, 5.41) is 0. The first-order chi connectivity index (χ1) is 12.9. The van der Waals surface area contributed by atoms with E-state index in [4.69, 9.17) is 9.47 Å². The molecule has 0 N–H and O–H groups in total. The molecule has 0 radical (unpaired) electrons. The predicted molar refractivity (Wildman–Crippen MR) is 98.3 cm³/mol. The van der Waals surface area contributed by atoms with Crippen molar-refractivity contribution in [2.75, 3.05) is 19.5 Å². The lowest BCUT2D eigenvalue weighted by Gasteiger charge is -2.10. The molecule has 2 heterocycles. The Balaban J connectivity index is 1.59. The van der Waals surface area contributed by atoms with Crippen LogP contribution in [0.4, 0.5) is 0 Å². The Morgan fingerprint density at radius 2 is 1.59 bits per heavy atom. The van der Waals surface area contributed by atoms with E-state index >= 15 is 0 Å². The molecule has 0 saturated heterocycles. The highest BCUT2D eigenvalue weighted by atomic mass is 32.2. The van der Waals surface area contributed by atoms with E-state index in [0.29, 0.717) is 5.88 Å². The average Bonchev–Trinajstić information content (AvgIpc) is 2.66. The molecule has 8 nitrogen and oxygen atoms in total. The summed E-state index contributed by atoms with van der Waals surface area (Å²) in [7, 11) is -3.33. The topological polar surface area (TPSA) is 104 Å². The van der Waals surface area contributed by atoms with Crippen molar-refractivity contribution >= 4 is 9.84 Å². The van der Waals surface area contributed by atoms with Crippen molar-refractivity contribution in [3.05, 3.63) is 54.7 Å². The van der Waals surface area contributed by atoms with Gasteiger partial charge in [-0.25, -0.2) is 28.4 Å². The highest BCUT2D eigenvalue weighted by Crippen LogP contribution is 2.27. The number of nitrogens with zero attached hydrogens (tertiary/aromatic N) is 4. The monoisotopic (exact) mass is 386 g/mol. The Morgan fingerprint density at radius 1 is 0.926 bits per heavy atom. The van der Waals surface area contributed by atoms with Gasteiger partial charge in [0.15, 0.2) is 9.84 Å². The molecule has 0 amide bonds. The normalized spacial score (nSPS) is 11.2. The van der Waals surface area contributed by atoms with Crippen molar-refractivity contribution in [3.8, 4) is 23.0 Å². The van der Waals surface area contributed by atoms with Crippen LogP contribution in [-0.4, -0.2) is 47.8 Å². The molecule has 0 fully saturated rings. The summed E-state index contributed by atoms with van der Waals surface area (Å²) in [6.07, 6.45) is 6.62. The van der Waals surface area contributed by atoms with Crippen molar-refractivity contribution in [1.82, 2.24) is 19.9 Å². The average molecular weight is 386 g/mol. The Kier molecular flexibility index (Phi) is 5.60. The second-order valence-corrected chi connectivity index (χ2v) is 7.79. The first-order valence-corrected chi connectivity index (χ1v) is 9.97. The zero-order valence-corrected chi connectivity index (χ0v) is 15.7. The van der Waals surface area contributed by atoms with Crippen LogP contribution in [-0.2, 0) is 9.84 Å². The van der Waals surface area contributed by atoms with Gasteiger partial charge in [0.1, 0.15) is 24.4 Å². The van der Waals surface area contributed by atoms with Crippen LogP contribution < -0.4 is 9.47 Å². The van der Waals surface area contributed by atoms with Gasteiger partial charge in [0, 0.05) is 12.5 Å². The van der Waals surface area contributed by atoms with Crippen molar-refractivity contribution < 1.29 is 17.9 Å². The van der Waals surface area contributed by atoms with Crippen molar-refractivity contribution in [2.45, 2.75) is 11.8 Å². The standard InChI is InChI=1S/C18H18N4O4S/c1-13-3-5-14(6-4-13)16-11-19-12-22-17(16)25-7-8-26-18-20-9-15(10-21-18)27(2,23)24/h3-6,9-12H,7-8H2,1-2H3. The van der Waals surface area contributed by atoms with Crippen molar-refractivity contribution in [3.63, 3.8) is 0 Å². The van der Waals surface area contributed by atoms with Crippen LogP contribution in [0, 0.1) is 6.92 Å². The molecule has 3 rings (SSSR count). The Hall–Kier alpha value is -3.07. The van der Waals surface area contributed by atoms with Gasteiger partial charge in [-0.3, -0.25) is 0 Å². The lowest BCUT2D eigenvalue weighted by Crippen LogP contribution is -2.12. The molecular formula is C18H18N4O4S. The van der Waals surface area contributed by atoms with Crippen LogP contribution in [0.5, 0.6) is 11.9 Å². The number of sulfone groups is 1. The number of benzene rings is 1. The zero-order valence-electron chi connectivity index (χ0n) is 14.9. The number of hydrogen-bond acceptors (Lipinski definition) is 8. The third-order valence-corrected chi connectivity index (χ3v) is 4.69. The maximum Gasteiger partial charge on any atom is 0.316 e. The summed E-state index contributed by atoms with van der Waals surface area (Å²) in [6, 6.07) is 8.05. The molecule has 2 aromatic heterocycles. The smallest absolute Gasteiger partial charge is 0.316 e. The highest BCUT2D eigenvalue weighted by Gasteiger charge is 2.10. The van der Waals surface area contributed by atoms with Gasteiger partial charge < -0.3 is 9.47 Å². The molecule has 3 aromatic rings. The summed E-state index contributed by atoms with van der Waals surface area (Å²) in [5.41, 5.74) is 2.90. The fourth-order valence-electron chi connectivity index (χ4n) is 2.21. The first kappa shape index (κ1) is 18.7. The third kappa shape index (κ3) is 4.98. The number of hydrogen-bond donors (Lipinski definition) is 0. The SMILES string of the molecule is Cc1ccc(-c2cncnc2OCCOc2ncc(S(C)(=O)=O)cn2)cc1. The molecule has 0 atom stereocenters. The number of aromatic nitrogens is 4. The minimum atomic E-state index is -3.33. The first-order valence-electron chi connectivity index (χ1n) is 8.08. The summed E-state index contributed by atoms with van der Waals surface area (Å²) >= 11 is 0. The summed E-state index contributed by atoms with van der Waals surface area (Å²) in [4.78, 5) is 16.0. The molecule has 0 aliphatic heterocycles. The molecule has 0 bridgehead atoms. The van der Waals surface area contributed by atoms with Crippen LogP contribution >= 0.6 is 0 Å². The highest BCUT2D eigenvalue weighted by molar-refractivity contribution is 7.90. The maximum absolute atomic E-state index is 11.4. The van der Waals surface area contributed by atoms with Crippen LogP contribution in [0.1, 0.15) is 5.56 Å². The lowest BCUT2D eigenvalue weighted by atomic mass is 10.1. The molecule has 0 unspecified atom stereocenters. The van der Waals surface area contributed by atoms with Gasteiger partial charge in [-0.1, -0.05) is 29.8 Å². The number of aryl methyl sites for hydroxylation is 1. The van der Waals surface area contributed by atoms with E-state index in [2.05, 4.69) is 19.9 Å². The molecule has 0 aliphatic carbocycles. The maximum atomic E-state index is 11.4. The van der Waals surface area contributed by atoms with Gasteiger partial charge >= 0.3 is 6.01 Å². The number of ether oxygens (including phenoxy) is 2. The van der Waals surface area contributed by atoms with Gasteiger partial charge in [-0.2, -0.15) is 0 Å². The van der Waals surface area contributed by atoms with E-state index in [1.54, 1.807) is 6.20 Å². The van der Waals surface area contributed by atoms with E-state index in [1.165, 1.54) is 18.7 Å². The Bertz CT molecular complexity index is 1010. The van der Waals surface area contributed by atoms with Gasteiger partial charge in [0.25, 0.3) is 0 Å². The fourth-order valence-corrected chi connectivity index (χ4v) is 2.69. The Labute approximate surface area is 157 Å². The van der Waals surface area contributed by atoms with E-state index < -0.39 is 9.84 Å². The predicted octanol–water partition coefficient (Wildman–Crippen LogP) is 2.10. The molecule has 0 aliphatic rings. The van der Waals surface area contributed by atoms with Gasteiger partial charge in [-0.15, -0.1) is 0 Å².